The Balaban J connectivity index is 1.69. The first-order valence-electron chi connectivity index (χ1n) is 10.2. The number of carbonyl (C=O) groups excluding carboxylic acids is 2. The number of sulfonamides is 1. The molecule has 2 amide bonds. The van der Waals surface area contributed by atoms with Crippen molar-refractivity contribution in [1.82, 2.24) is 4.31 Å². The fourth-order valence-electron chi connectivity index (χ4n) is 3.03. The zero-order chi connectivity index (χ0) is 24.2. The van der Waals surface area contributed by atoms with Gasteiger partial charge in [-0.3, -0.25) is 10.1 Å². The first-order chi connectivity index (χ1) is 15.5. The van der Waals surface area contributed by atoms with Crippen molar-refractivity contribution >= 4 is 33.4 Å². The Kier molecular flexibility index (Phi) is 7.35. The van der Waals surface area contributed by atoms with Gasteiger partial charge in [-0.05, 0) is 63.2 Å². The highest BCUT2D eigenvalue weighted by Gasteiger charge is 2.26. The van der Waals surface area contributed by atoms with Crippen LogP contribution in [0.2, 0.25) is 0 Å². The summed E-state index contributed by atoms with van der Waals surface area (Å²) >= 11 is 0. The maximum atomic E-state index is 14.1. The molecule has 1 saturated heterocycles. The lowest BCUT2D eigenvalue weighted by molar-refractivity contribution is 0.0635. The van der Waals surface area contributed by atoms with Crippen LogP contribution in [0.1, 0.15) is 31.1 Å². The van der Waals surface area contributed by atoms with E-state index in [1.807, 2.05) is 0 Å². The van der Waals surface area contributed by atoms with Crippen LogP contribution in [0, 0.1) is 5.82 Å². The standard InChI is InChI=1S/C22H26FN3O6S/c1-22(2,3)32-21(28)25-19-14-16(6-9-18(19)23)24-20(27)15-4-7-17(8-5-15)33(29,30)26-10-12-31-13-11-26/h4-9,14H,10-13H2,1-3H3,(H,24,27)(H,25,28). The van der Waals surface area contributed by atoms with Gasteiger partial charge in [-0.2, -0.15) is 4.31 Å². The molecule has 0 aromatic heterocycles. The average Bonchev–Trinajstić information content (AvgIpc) is 2.75. The highest BCUT2D eigenvalue weighted by Crippen LogP contribution is 2.22. The van der Waals surface area contributed by atoms with E-state index in [9.17, 15) is 22.4 Å². The molecule has 33 heavy (non-hydrogen) atoms. The lowest BCUT2D eigenvalue weighted by atomic mass is 10.2. The normalized spacial score (nSPS) is 15.0. The number of carbonyl (C=O) groups is 2. The van der Waals surface area contributed by atoms with E-state index < -0.39 is 33.4 Å². The van der Waals surface area contributed by atoms with Gasteiger partial charge in [0.15, 0.2) is 0 Å². The first-order valence-corrected chi connectivity index (χ1v) is 11.7. The fourth-order valence-corrected chi connectivity index (χ4v) is 4.44. The van der Waals surface area contributed by atoms with E-state index in [-0.39, 0.29) is 34.9 Å². The molecule has 0 atom stereocenters. The molecule has 1 fully saturated rings. The third kappa shape index (κ3) is 6.50. The molecule has 0 bridgehead atoms. The van der Waals surface area contributed by atoms with Crippen LogP contribution in [-0.4, -0.2) is 56.6 Å². The molecule has 0 aliphatic carbocycles. The SMILES string of the molecule is CC(C)(C)OC(=O)Nc1cc(NC(=O)c2ccc(S(=O)(=O)N3CCOCC3)cc2)ccc1F. The summed E-state index contributed by atoms with van der Waals surface area (Å²) in [5.74, 6) is -1.23. The van der Waals surface area contributed by atoms with Crippen LogP contribution >= 0.6 is 0 Å². The van der Waals surface area contributed by atoms with Crippen LogP contribution < -0.4 is 10.6 Å². The number of amides is 2. The Hall–Kier alpha value is -3.02. The summed E-state index contributed by atoms with van der Waals surface area (Å²) in [5, 5.41) is 4.90. The number of benzene rings is 2. The maximum absolute atomic E-state index is 14.1. The Bertz CT molecular complexity index is 1120. The summed E-state index contributed by atoms with van der Waals surface area (Å²) in [5.41, 5.74) is -0.471. The molecular weight excluding hydrogens is 453 g/mol. The Morgan fingerprint density at radius 1 is 1.03 bits per heavy atom. The summed E-state index contributed by atoms with van der Waals surface area (Å²) in [6, 6.07) is 9.21. The van der Waals surface area contributed by atoms with Crippen LogP contribution in [0.4, 0.5) is 20.6 Å². The number of nitrogens with zero attached hydrogens (tertiary/aromatic N) is 1. The molecule has 0 spiro atoms. The summed E-state index contributed by atoms with van der Waals surface area (Å²) < 4.78 is 51.1. The molecule has 0 unspecified atom stereocenters. The summed E-state index contributed by atoms with van der Waals surface area (Å²) in [6.07, 6.45) is -0.832. The predicted molar refractivity (Wildman–Crippen MR) is 120 cm³/mol. The van der Waals surface area contributed by atoms with E-state index in [2.05, 4.69) is 10.6 Å². The molecule has 2 aromatic rings. The largest absolute Gasteiger partial charge is 0.444 e. The van der Waals surface area contributed by atoms with Gasteiger partial charge < -0.3 is 14.8 Å². The minimum atomic E-state index is -3.67. The second-order valence-electron chi connectivity index (χ2n) is 8.32. The van der Waals surface area contributed by atoms with Gasteiger partial charge in [0, 0.05) is 24.3 Å². The maximum Gasteiger partial charge on any atom is 0.412 e. The Labute approximate surface area is 191 Å². The van der Waals surface area contributed by atoms with Crippen LogP contribution in [0.5, 0.6) is 0 Å². The van der Waals surface area contributed by atoms with Gasteiger partial charge in [-0.15, -0.1) is 0 Å². The minimum Gasteiger partial charge on any atom is -0.444 e. The second kappa shape index (κ2) is 9.86. The van der Waals surface area contributed by atoms with Crippen molar-refractivity contribution in [3.8, 4) is 0 Å². The summed E-state index contributed by atoms with van der Waals surface area (Å²) in [6.45, 7) is 6.25. The topological polar surface area (TPSA) is 114 Å². The zero-order valence-corrected chi connectivity index (χ0v) is 19.4. The molecular formula is C22H26FN3O6S. The summed E-state index contributed by atoms with van der Waals surface area (Å²) in [7, 11) is -3.67. The van der Waals surface area contributed by atoms with Gasteiger partial charge in [0.05, 0.1) is 23.8 Å². The van der Waals surface area contributed by atoms with Crippen LogP contribution in [0.25, 0.3) is 0 Å². The third-order valence-electron chi connectivity index (χ3n) is 4.58. The molecule has 2 N–H and O–H groups in total. The monoisotopic (exact) mass is 479 g/mol. The van der Waals surface area contributed by atoms with E-state index in [4.69, 9.17) is 9.47 Å². The van der Waals surface area contributed by atoms with Gasteiger partial charge >= 0.3 is 6.09 Å². The highest BCUT2D eigenvalue weighted by atomic mass is 32.2. The van der Waals surface area contributed by atoms with Crippen LogP contribution in [0.15, 0.2) is 47.4 Å². The quantitative estimate of drug-likeness (QED) is 0.679. The van der Waals surface area contributed by atoms with Gasteiger partial charge in [0.25, 0.3) is 5.91 Å². The van der Waals surface area contributed by atoms with Crippen LogP contribution in [0.3, 0.4) is 0 Å². The van der Waals surface area contributed by atoms with Gasteiger partial charge in [-0.1, -0.05) is 0 Å². The smallest absolute Gasteiger partial charge is 0.412 e. The zero-order valence-electron chi connectivity index (χ0n) is 18.6. The second-order valence-corrected chi connectivity index (χ2v) is 10.3. The van der Waals surface area contributed by atoms with E-state index in [0.29, 0.717) is 13.2 Å². The molecule has 1 aliphatic rings. The van der Waals surface area contributed by atoms with Crippen molar-refractivity contribution < 1.29 is 31.9 Å². The van der Waals surface area contributed by atoms with Crippen molar-refractivity contribution in [2.24, 2.45) is 0 Å². The molecule has 0 saturated carbocycles. The van der Waals surface area contributed by atoms with E-state index in [0.717, 1.165) is 6.07 Å². The lowest BCUT2D eigenvalue weighted by Crippen LogP contribution is -2.40. The van der Waals surface area contributed by atoms with Gasteiger partial charge in [-0.25, -0.2) is 17.6 Å². The molecule has 2 aromatic carbocycles. The number of morpholine rings is 1. The van der Waals surface area contributed by atoms with E-state index in [1.54, 1.807) is 20.8 Å². The van der Waals surface area contributed by atoms with Crippen LogP contribution in [-0.2, 0) is 19.5 Å². The van der Waals surface area contributed by atoms with Crippen molar-refractivity contribution in [1.29, 1.82) is 0 Å². The molecule has 1 aliphatic heterocycles. The number of nitrogens with one attached hydrogen (secondary N) is 2. The first kappa shape index (κ1) is 24.6. The number of hydrogen-bond donors (Lipinski definition) is 2. The molecule has 1 heterocycles. The average molecular weight is 480 g/mol. The number of rotatable bonds is 5. The van der Waals surface area contributed by atoms with Gasteiger partial charge in [0.1, 0.15) is 11.4 Å². The van der Waals surface area contributed by atoms with E-state index >= 15 is 0 Å². The van der Waals surface area contributed by atoms with Gasteiger partial charge in [0.2, 0.25) is 10.0 Å². The molecule has 178 valence electrons. The molecule has 11 heteroatoms. The summed E-state index contributed by atoms with van der Waals surface area (Å²) in [4.78, 5) is 24.6. The van der Waals surface area contributed by atoms with Crippen molar-refractivity contribution in [3.63, 3.8) is 0 Å². The highest BCUT2D eigenvalue weighted by molar-refractivity contribution is 7.89. The third-order valence-corrected chi connectivity index (χ3v) is 6.50. The molecule has 9 nitrogen and oxygen atoms in total. The Morgan fingerprint density at radius 2 is 1.67 bits per heavy atom. The number of hydrogen-bond acceptors (Lipinski definition) is 6. The van der Waals surface area contributed by atoms with Crippen molar-refractivity contribution in [2.75, 3.05) is 36.9 Å². The van der Waals surface area contributed by atoms with E-state index in [1.165, 1.54) is 40.7 Å². The number of halogens is 1. The fraction of sp³-hybridized carbons (Fsp3) is 0.364. The lowest BCUT2D eigenvalue weighted by Gasteiger charge is -2.26. The number of ether oxygens (including phenoxy) is 2. The Morgan fingerprint density at radius 3 is 2.27 bits per heavy atom. The van der Waals surface area contributed by atoms with Crippen molar-refractivity contribution in [3.05, 3.63) is 53.8 Å². The predicted octanol–water partition coefficient (Wildman–Crippen LogP) is 3.45. The number of anilines is 2. The molecule has 3 rings (SSSR count). The molecule has 0 radical (unpaired) electrons. The van der Waals surface area contributed by atoms with Crippen molar-refractivity contribution in [2.45, 2.75) is 31.3 Å². The minimum absolute atomic E-state index is 0.0755.